The Morgan fingerprint density at radius 3 is 2.73 bits per heavy atom. The van der Waals surface area contributed by atoms with Gasteiger partial charge < -0.3 is 5.73 Å². The summed E-state index contributed by atoms with van der Waals surface area (Å²) in [4.78, 5) is 0. The van der Waals surface area contributed by atoms with Gasteiger partial charge in [0.15, 0.2) is 0 Å². The van der Waals surface area contributed by atoms with Gasteiger partial charge >= 0.3 is 0 Å². The summed E-state index contributed by atoms with van der Waals surface area (Å²) >= 11 is 5.93. The molecule has 3 heteroatoms. The Morgan fingerprint density at radius 1 is 1.60 bits per heavy atom. The van der Waals surface area contributed by atoms with E-state index in [1.807, 2.05) is 13.0 Å². The summed E-state index contributed by atoms with van der Waals surface area (Å²) in [7, 11) is 0. The second-order valence-corrected chi connectivity index (χ2v) is 4.38. The van der Waals surface area contributed by atoms with E-state index >= 15 is 0 Å². The van der Waals surface area contributed by atoms with Crippen LogP contribution in [0.1, 0.15) is 12.5 Å². The van der Waals surface area contributed by atoms with Gasteiger partial charge in [0.05, 0.1) is 0 Å². The first-order valence-electron chi connectivity index (χ1n) is 4.78. The maximum Gasteiger partial charge on any atom is 0.124 e. The summed E-state index contributed by atoms with van der Waals surface area (Å²) < 4.78 is 12.8. The highest BCUT2D eigenvalue weighted by Crippen LogP contribution is 2.27. The van der Waals surface area contributed by atoms with Gasteiger partial charge in [-0.2, -0.15) is 0 Å². The van der Waals surface area contributed by atoms with Crippen molar-refractivity contribution in [1.29, 1.82) is 0 Å². The topological polar surface area (TPSA) is 26.0 Å². The maximum atomic E-state index is 12.8. The molecule has 0 aliphatic rings. The molecule has 0 saturated carbocycles. The summed E-state index contributed by atoms with van der Waals surface area (Å²) in [6.07, 6.45) is 2.48. The van der Waals surface area contributed by atoms with Gasteiger partial charge in [0.25, 0.3) is 0 Å². The smallest absolute Gasteiger partial charge is 0.124 e. The second-order valence-electron chi connectivity index (χ2n) is 3.97. The molecule has 1 unspecified atom stereocenters. The quantitative estimate of drug-likeness (QED) is 0.786. The number of benzene rings is 1. The lowest BCUT2D eigenvalue weighted by Crippen LogP contribution is -2.27. The van der Waals surface area contributed by atoms with E-state index in [0.717, 1.165) is 5.56 Å². The Kier molecular flexibility index (Phi) is 3.89. The number of rotatable bonds is 4. The molecular formula is C12H15ClFN. The third kappa shape index (κ3) is 3.05. The van der Waals surface area contributed by atoms with Crippen LogP contribution in [0.2, 0.25) is 5.02 Å². The average Bonchev–Trinajstić information content (AvgIpc) is 2.22. The van der Waals surface area contributed by atoms with Crippen LogP contribution < -0.4 is 5.73 Å². The fourth-order valence-electron chi connectivity index (χ4n) is 1.33. The van der Waals surface area contributed by atoms with E-state index in [9.17, 15) is 4.39 Å². The minimum Gasteiger partial charge on any atom is -0.330 e. The highest BCUT2D eigenvalue weighted by atomic mass is 35.5. The third-order valence-corrected chi connectivity index (χ3v) is 2.92. The van der Waals surface area contributed by atoms with Crippen LogP contribution in [0.15, 0.2) is 30.9 Å². The number of hydrogen-bond acceptors (Lipinski definition) is 1. The van der Waals surface area contributed by atoms with Crippen LogP contribution >= 0.6 is 11.6 Å². The largest absolute Gasteiger partial charge is 0.330 e. The molecule has 1 aromatic rings. The SMILES string of the molecule is C=CC(C)(CN)Cc1ccc(F)cc1Cl. The lowest BCUT2D eigenvalue weighted by Gasteiger charge is -2.24. The van der Waals surface area contributed by atoms with Gasteiger partial charge in [0.2, 0.25) is 0 Å². The lowest BCUT2D eigenvalue weighted by atomic mass is 9.84. The van der Waals surface area contributed by atoms with Crippen LogP contribution in [0.4, 0.5) is 4.39 Å². The zero-order valence-corrected chi connectivity index (χ0v) is 9.52. The van der Waals surface area contributed by atoms with Gasteiger partial charge in [-0.1, -0.05) is 30.7 Å². The molecule has 0 aromatic heterocycles. The molecule has 82 valence electrons. The zero-order valence-electron chi connectivity index (χ0n) is 8.76. The van der Waals surface area contributed by atoms with Crippen LogP contribution in [-0.2, 0) is 6.42 Å². The molecule has 0 amide bonds. The molecule has 15 heavy (non-hydrogen) atoms. The van der Waals surface area contributed by atoms with Gasteiger partial charge in [-0.15, -0.1) is 6.58 Å². The second kappa shape index (κ2) is 4.77. The minimum atomic E-state index is -0.322. The maximum absolute atomic E-state index is 12.8. The first kappa shape index (κ1) is 12.2. The molecule has 1 atom stereocenters. The molecule has 0 fully saturated rings. The highest BCUT2D eigenvalue weighted by molar-refractivity contribution is 6.31. The monoisotopic (exact) mass is 227 g/mol. The standard InChI is InChI=1S/C12H15ClFN/c1-3-12(2,8-15)7-9-4-5-10(14)6-11(9)13/h3-6H,1,7-8,15H2,2H3. The molecule has 0 aliphatic heterocycles. The predicted molar refractivity (Wildman–Crippen MR) is 62.5 cm³/mol. The Hall–Kier alpha value is -0.860. The molecule has 0 saturated heterocycles. The normalized spacial score (nSPS) is 14.7. The summed E-state index contributed by atoms with van der Waals surface area (Å²) in [5.41, 5.74) is 6.36. The van der Waals surface area contributed by atoms with Crippen molar-refractivity contribution in [1.82, 2.24) is 0 Å². The number of halogens is 2. The third-order valence-electron chi connectivity index (χ3n) is 2.57. The van der Waals surface area contributed by atoms with Gasteiger partial charge in [-0.05, 0) is 24.1 Å². The van der Waals surface area contributed by atoms with Crippen LogP contribution in [0, 0.1) is 11.2 Å². The molecule has 0 aliphatic carbocycles. The number of nitrogens with two attached hydrogens (primary N) is 1. The van der Waals surface area contributed by atoms with Crippen molar-refractivity contribution in [2.45, 2.75) is 13.3 Å². The van der Waals surface area contributed by atoms with Gasteiger partial charge in [-0.25, -0.2) is 4.39 Å². The van der Waals surface area contributed by atoms with Crippen molar-refractivity contribution in [2.75, 3.05) is 6.54 Å². The van der Waals surface area contributed by atoms with E-state index in [2.05, 4.69) is 6.58 Å². The van der Waals surface area contributed by atoms with E-state index in [1.54, 1.807) is 6.07 Å². The average molecular weight is 228 g/mol. The molecule has 0 radical (unpaired) electrons. The molecular weight excluding hydrogens is 213 g/mol. The predicted octanol–water partition coefficient (Wildman–Crippen LogP) is 3.17. The van der Waals surface area contributed by atoms with E-state index in [0.29, 0.717) is 18.0 Å². The molecule has 1 aromatic carbocycles. The molecule has 0 heterocycles. The van der Waals surface area contributed by atoms with Crippen molar-refractivity contribution in [3.63, 3.8) is 0 Å². The van der Waals surface area contributed by atoms with Crippen LogP contribution in [0.3, 0.4) is 0 Å². The van der Waals surface area contributed by atoms with Crippen LogP contribution in [0.25, 0.3) is 0 Å². The molecule has 1 rings (SSSR count). The Balaban J connectivity index is 2.94. The van der Waals surface area contributed by atoms with Crippen molar-refractivity contribution < 1.29 is 4.39 Å². The molecule has 2 N–H and O–H groups in total. The summed E-state index contributed by atoms with van der Waals surface area (Å²) in [6, 6.07) is 4.41. The number of hydrogen-bond donors (Lipinski definition) is 1. The van der Waals surface area contributed by atoms with E-state index < -0.39 is 0 Å². The Morgan fingerprint density at radius 2 is 2.27 bits per heavy atom. The fraction of sp³-hybridized carbons (Fsp3) is 0.333. The van der Waals surface area contributed by atoms with Crippen LogP contribution in [-0.4, -0.2) is 6.54 Å². The first-order chi connectivity index (χ1) is 7.00. The van der Waals surface area contributed by atoms with Crippen LogP contribution in [0.5, 0.6) is 0 Å². The van der Waals surface area contributed by atoms with Crippen molar-refractivity contribution >= 4 is 11.6 Å². The zero-order chi connectivity index (χ0) is 11.5. The van der Waals surface area contributed by atoms with E-state index in [1.165, 1.54) is 12.1 Å². The highest BCUT2D eigenvalue weighted by Gasteiger charge is 2.20. The first-order valence-corrected chi connectivity index (χ1v) is 5.16. The van der Waals surface area contributed by atoms with E-state index in [-0.39, 0.29) is 11.2 Å². The molecule has 0 spiro atoms. The summed E-state index contributed by atoms with van der Waals surface area (Å²) in [6.45, 7) is 6.24. The van der Waals surface area contributed by atoms with Gasteiger partial charge in [0.1, 0.15) is 5.82 Å². The molecule has 1 nitrogen and oxygen atoms in total. The Labute approximate surface area is 94.7 Å². The lowest BCUT2D eigenvalue weighted by molar-refractivity contribution is 0.439. The fourth-order valence-corrected chi connectivity index (χ4v) is 1.56. The van der Waals surface area contributed by atoms with Crippen molar-refractivity contribution in [3.8, 4) is 0 Å². The molecule has 0 bridgehead atoms. The Bertz CT molecular complexity index is 365. The van der Waals surface area contributed by atoms with Crippen molar-refractivity contribution in [2.24, 2.45) is 11.1 Å². The van der Waals surface area contributed by atoms with Gasteiger partial charge in [-0.3, -0.25) is 0 Å². The van der Waals surface area contributed by atoms with Gasteiger partial charge in [0, 0.05) is 17.0 Å². The summed E-state index contributed by atoms with van der Waals surface area (Å²) in [5, 5.41) is 0.441. The van der Waals surface area contributed by atoms with Crippen molar-refractivity contribution in [3.05, 3.63) is 47.3 Å². The minimum absolute atomic E-state index is 0.193. The van der Waals surface area contributed by atoms with E-state index in [4.69, 9.17) is 17.3 Å². The summed E-state index contributed by atoms with van der Waals surface area (Å²) in [5.74, 6) is -0.322.